The zero-order valence-corrected chi connectivity index (χ0v) is 17.2. The molecule has 0 saturated heterocycles. The van der Waals surface area contributed by atoms with Crippen molar-refractivity contribution >= 4 is 11.6 Å². The third-order valence-corrected chi connectivity index (χ3v) is 4.66. The quantitative estimate of drug-likeness (QED) is 0.469. The summed E-state index contributed by atoms with van der Waals surface area (Å²) in [6.45, 7) is 1.82. The maximum absolute atomic E-state index is 12.5. The van der Waals surface area contributed by atoms with Gasteiger partial charge in [-0.15, -0.1) is 0 Å². The topological polar surface area (TPSA) is 86.5 Å². The number of rotatable bonds is 7. The Labute approximate surface area is 179 Å². The number of nitrogens with zero attached hydrogens (tertiary/aromatic N) is 2. The minimum absolute atomic E-state index is 0.111. The number of anilines is 1. The predicted molar refractivity (Wildman–Crippen MR) is 117 cm³/mol. The van der Waals surface area contributed by atoms with Gasteiger partial charge in [0, 0.05) is 5.56 Å². The molecule has 0 radical (unpaired) electrons. The summed E-state index contributed by atoms with van der Waals surface area (Å²) in [4.78, 5) is 16.9. The van der Waals surface area contributed by atoms with Gasteiger partial charge in [0.2, 0.25) is 5.82 Å². The summed E-state index contributed by atoms with van der Waals surface area (Å²) in [6, 6.07) is 22.1. The summed E-state index contributed by atoms with van der Waals surface area (Å²) < 4.78 is 16.2. The molecule has 0 atom stereocenters. The lowest BCUT2D eigenvalue weighted by Gasteiger charge is -2.11. The van der Waals surface area contributed by atoms with Gasteiger partial charge < -0.3 is 19.3 Å². The van der Waals surface area contributed by atoms with Crippen molar-refractivity contribution in [2.45, 2.75) is 6.92 Å². The average Bonchev–Trinajstić information content (AvgIpc) is 3.29. The highest BCUT2D eigenvalue weighted by molar-refractivity contribution is 5.95. The maximum Gasteiger partial charge on any atom is 0.262 e. The average molecular weight is 415 g/mol. The molecule has 0 aliphatic carbocycles. The Morgan fingerprint density at radius 1 is 1.00 bits per heavy atom. The van der Waals surface area contributed by atoms with Crippen molar-refractivity contribution in [1.29, 1.82) is 0 Å². The molecule has 0 aliphatic heterocycles. The molecular formula is C24H21N3O4. The third-order valence-electron chi connectivity index (χ3n) is 4.66. The lowest BCUT2D eigenvalue weighted by molar-refractivity contribution is -0.118. The molecule has 31 heavy (non-hydrogen) atoms. The van der Waals surface area contributed by atoms with E-state index in [1.54, 1.807) is 13.2 Å². The van der Waals surface area contributed by atoms with Gasteiger partial charge in [-0.2, -0.15) is 4.98 Å². The van der Waals surface area contributed by atoms with Crippen LogP contribution in [-0.2, 0) is 4.79 Å². The van der Waals surface area contributed by atoms with Gasteiger partial charge in [-0.05, 0) is 55.0 Å². The Kier molecular flexibility index (Phi) is 5.93. The van der Waals surface area contributed by atoms with Crippen molar-refractivity contribution < 1.29 is 18.8 Å². The van der Waals surface area contributed by atoms with Crippen LogP contribution in [0.25, 0.3) is 22.8 Å². The fraction of sp³-hybridized carbons (Fsp3) is 0.125. The summed E-state index contributed by atoms with van der Waals surface area (Å²) in [5.41, 5.74) is 2.95. The third kappa shape index (κ3) is 4.72. The fourth-order valence-corrected chi connectivity index (χ4v) is 3.02. The number of nitrogens with one attached hydrogen (secondary N) is 1. The Balaban J connectivity index is 1.49. The highest BCUT2D eigenvalue weighted by atomic mass is 16.5. The smallest absolute Gasteiger partial charge is 0.262 e. The van der Waals surface area contributed by atoms with E-state index in [0.29, 0.717) is 28.7 Å². The molecule has 7 nitrogen and oxygen atoms in total. The van der Waals surface area contributed by atoms with Gasteiger partial charge in [0.25, 0.3) is 11.8 Å². The summed E-state index contributed by atoms with van der Waals surface area (Å²) in [7, 11) is 1.61. The van der Waals surface area contributed by atoms with Crippen molar-refractivity contribution in [3.8, 4) is 34.3 Å². The lowest BCUT2D eigenvalue weighted by atomic mass is 10.1. The monoisotopic (exact) mass is 415 g/mol. The van der Waals surface area contributed by atoms with E-state index in [1.165, 1.54) is 0 Å². The van der Waals surface area contributed by atoms with Gasteiger partial charge in [-0.25, -0.2) is 0 Å². The normalized spacial score (nSPS) is 10.5. The van der Waals surface area contributed by atoms with Crippen LogP contribution in [0.15, 0.2) is 77.3 Å². The van der Waals surface area contributed by atoms with E-state index in [-0.39, 0.29) is 12.5 Å². The molecule has 0 aliphatic rings. The number of aryl methyl sites for hydroxylation is 1. The van der Waals surface area contributed by atoms with Crippen LogP contribution in [-0.4, -0.2) is 29.8 Å². The summed E-state index contributed by atoms with van der Waals surface area (Å²) in [6.07, 6.45) is 0. The van der Waals surface area contributed by atoms with Crippen molar-refractivity contribution in [3.05, 3.63) is 78.4 Å². The number of hydrogen-bond acceptors (Lipinski definition) is 6. The Hall–Kier alpha value is -4.13. The van der Waals surface area contributed by atoms with E-state index >= 15 is 0 Å². The van der Waals surface area contributed by atoms with E-state index in [0.717, 1.165) is 16.9 Å². The minimum atomic E-state index is -0.286. The molecule has 3 aromatic carbocycles. The molecule has 4 aromatic rings. The van der Waals surface area contributed by atoms with Gasteiger partial charge in [0.15, 0.2) is 6.61 Å². The van der Waals surface area contributed by atoms with E-state index in [1.807, 2.05) is 73.7 Å². The molecule has 1 N–H and O–H groups in total. The van der Waals surface area contributed by atoms with Gasteiger partial charge in [0.05, 0.1) is 18.4 Å². The molecule has 0 bridgehead atoms. The van der Waals surface area contributed by atoms with Crippen LogP contribution < -0.4 is 14.8 Å². The molecular weight excluding hydrogens is 394 g/mol. The van der Waals surface area contributed by atoms with E-state index in [4.69, 9.17) is 14.0 Å². The van der Waals surface area contributed by atoms with Crippen LogP contribution in [0.4, 0.5) is 5.69 Å². The number of amides is 1. The minimum Gasteiger partial charge on any atom is -0.497 e. The number of hydrogen-bond donors (Lipinski definition) is 1. The highest BCUT2D eigenvalue weighted by Crippen LogP contribution is 2.29. The predicted octanol–water partition coefficient (Wildman–Crippen LogP) is 4.74. The molecule has 0 fully saturated rings. The summed E-state index contributed by atoms with van der Waals surface area (Å²) >= 11 is 0. The molecule has 1 amide bonds. The number of carbonyl (C=O) groups excluding carboxylic acids is 1. The van der Waals surface area contributed by atoms with Crippen molar-refractivity contribution in [1.82, 2.24) is 10.1 Å². The number of para-hydroxylation sites is 2. The number of ether oxygens (including phenoxy) is 2. The Morgan fingerprint density at radius 2 is 1.74 bits per heavy atom. The first-order chi connectivity index (χ1) is 15.1. The fourth-order valence-electron chi connectivity index (χ4n) is 3.02. The van der Waals surface area contributed by atoms with Crippen LogP contribution in [0.5, 0.6) is 11.5 Å². The molecule has 1 aromatic heterocycles. The molecule has 0 unspecified atom stereocenters. The Bertz CT molecular complexity index is 1190. The van der Waals surface area contributed by atoms with Crippen LogP contribution in [0.1, 0.15) is 5.56 Å². The second-order valence-corrected chi connectivity index (χ2v) is 6.80. The Morgan fingerprint density at radius 3 is 2.52 bits per heavy atom. The highest BCUT2D eigenvalue weighted by Gasteiger charge is 2.16. The molecule has 0 spiro atoms. The van der Waals surface area contributed by atoms with Crippen molar-refractivity contribution in [2.24, 2.45) is 0 Å². The zero-order valence-electron chi connectivity index (χ0n) is 17.2. The molecule has 156 valence electrons. The first-order valence-electron chi connectivity index (χ1n) is 9.70. The number of methoxy groups -OCH3 is 1. The van der Waals surface area contributed by atoms with Gasteiger partial charge >= 0.3 is 0 Å². The van der Waals surface area contributed by atoms with Gasteiger partial charge in [-0.3, -0.25) is 4.79 Å². The van der Waals surface area contributed by atoms with Crippen LogP contribution in [0, 0.1) is 6.92 Å². The molecule has 4 rings (SSSR count). The second kappa shape index (κ2) is 9.13. The summed E-state index contributed by atoms with van der Waals surface area (Å²) in [5, 5.41) is 6.91. The first kappa shape index (κ1) is 20.2. The summed E-state index contributed by atoms with van der Waals surface area (Å²) in [5.74, 6) is 1.88. The zero-order chi connectivity index (χ0) is 21.6. The standard InChI is InChI=1S/C24H21N3O4/c1-16-7-3-6-10-21(16)30-15-22(28)25-20-9-5-4-8-19(20)24-26-23(27-31-24)17-11-13-18(29-2)14-12-17/h3-14H,15H2,1-2H3,(H,25,28). The van der Waals surface area contributed by atoms with E-state index < -0.39 is 0 Å². The largest absolute Gasteiger partial charge is 0.497 e. The lowest BCUT2D eigenvalue weighted by Crippen LogP contribution is -2.20. The van der Waals surface area contributed by atoms with Crippen molar-refractivity contribution in [2.75, 3.05) is 19.0 Å². The SMILES string of the molecule is COc1ccc(-c2noc(-c3ccccc3NC(=O)COc3ccccc3C)n2)cc1. The maximum atomic E-state index is 12.5. The number of benzene rings is 3. The van der Waals surface area contributed by atoms with Crippen molar-refractivity contribution in [3.63, 3.8) is 0 Å². The van der Waals surface area contributed by atoms with Crippen LogP contribution >= 0.6 is 0 Å². The first-order valence-corrected chi connectivity index (χ1v) is 9.70. The second-order valence-electron chi connectivity index (χ2n) is 6.80. The van der Waals surface area contributed by atoms with Crippen LogP contribution in [0.3, 0.4) is 0 Å². The van der Waals surface area contributed by atoms with E-state index in [2.05, 4.69) is 15.5 Å². The van der Waals surface area contributed by atoms with E-state index in [9.17, 15) is 4.79 Å². The van der Waals surface area contributed by atoms with Crippen LogP contribution in [0.2, 0.25) is 0 Å². The molecule has 7 heteroatoms. The van der Waals surface area contributed by atoms with Gasteiger partial charge in [0.1, 0.15) is 11.5 Å². The number of carbonyl (C=O) groups is 1. The number of aromatic nitrogens is 2. The molecule has 1 heterocycles. The molecule has 0 saturated carbocycles. The van der Waals surface area contributed by atoms with Gasteiger partial charge in [-0.1, -0.05) is 35.5 Å².